The lowest BCUT2D eigenvalue weighted by atomic mass is 9.81. The van der Waals surface area contributed by atoms with Crippen LogP contribution in [-0.2, 0) is 32.8 Å². The van der Waals surface area contributed by atoms with Crippen LogP contribution in [0.15, 0.2) is 97.3 Å². The van der Waals surface area contributed by atoms with Crippen molar-refractivity contribution >= 4 is 35.3 Å². The lowest BCUT2D eigenvalue weighted by molar-refractivity contribution is -0.141. The molecule has 0 unspecified atom stereocenters. The fourth-order valence-electron chi connectivity index (χ4n) is 5.79. The monoisotopic (exact) mass is 610 g/mol. The summed E-state index contributed by atoms with van der Waals surface area (Å²) in [5.41, 5.74) is 2.12. The van der Waals surface area contributed by atoms with Gasteiger partial charge in [0, 0.05) is 32.2 Å². The van der Waals surface area contributed by atoms with Crippen molar-refractivity contribution in [1.29, 1.82) is 0 Å². The summed E-state index contributed by atoms with van der Waals surface area (Å²) in [6.45, 7) is 3.16. The van der Waals surface area contributed by atoms with E-state index < -0.39 is 29.6 Å². The van der Waals surface area contributed by atoms with Gasteiger partial charge in [-0.25, -0.2) is 4.79 Å². The number of aromatic nitrogens is 1. The summed E-state index contributed by atoms with van der Waals surface area (Å²) in [4.78, 5) is 58.2. The van der Waals surface area contributed by atoms with E-state index in [1.807, 2.05) is 36.4 Å². The minimum Gasteiger partial charge on any atom is -0.480 e. The van der Waals surface area contributed by atoms with Gasteiger partial charge in [-0.05, 0) is 46.9 Å². The molecule has 2 heterocycles. The molecule has 0 aliphatic carbocycles. The molecule has 5 rings (SSSR count). The van der Waals surface area contributed by atoms with Gasteiger partial charge in [0.05, 0.1) is 10.6 Å². The van der Waals surface area contributed by atoms with Crippen molar-refractivity contribution in [2.75, 3.05) is 0 Å². The van der Waals surface area contributed by atoms with Crippen LogP contribution in [0.2, 0.25) is 5.02 Å². The Morgan fingerprint density at radius 3 is 2.34 bits per heavy atom. The summed E-state index contributed by atoms with van der Waals surface area (Å²) >= 11 is 6.22. The Morgan fingerprint density at radius 2 is 1.73 bits per heavy atom. The van der Waals surface area contributed by atoms with Gasteiger partial charge >= 0.3 is 5.97 Å². The zero-order valence-corrected chi connectivity index (χ0v) is 24.9. The van der Waals surface area contributed by atoms with Crippen molar-refractivity contribution in [1.82, 2.24) is 20.5 Å². The molecule has 3 N–H and O–H groups in total. The largest absolute Gasteiger partial charge is 0.480 e. The molecule has 0 spiro atoms. The number of pyridine rings is 1. The van der Waals surface area contributed by atoms with Gasteiger partial charge in [-0.1, -0.05) is 84.4 Å². The average Bonchev–Trinajstić information content (AvgIpc) is 3.30. The molecule has 1 aromatic heterocycles. The number of nitrogens with one attached hydrogen (secondary N) is 2. The molecule has 10 heteroatoms. The number of carboxylic acids is 1. The summed E-state index contributed by atoms with van der Waals surface area (Å²) in [5, 5.41) is 15.8. The van der Waals surface area contributed by atoms with Gasteiger partial charge in [0.15, 0.2) is 5.54 Å². The molecule has 9 nitrogen and oxygen atoms in total. The Balaban J connectivity index is 1.49. The highest BCUT2D eigenvalue weighted by Crippen LogP contribution is 2.43. The van der Waals surface area contributed by atoms with E-state index in [2.05, 4.69) is 15.6 Å². The van der Waals surface area contributed by atoms with Crippen LogP contribution in [0.4, 0.5) is 0 Å². The molecule has 3 amide bonds. The minimum absolute atomic E-state index is 0.0181. The van der Waals surface area contributed by atoms with Crippen molar-refractivity contribution in [2.24, 2.45) is 0 Å². The molecule has 224 valence electrons. The lowest BCUT2D eigenvalue weighted by Gasteiger charge is -2.38. The number of carbonyl (C=O) groups is 4. The second-order valence-electron chi connectivity index (χ2n) is 10.8. The first-order chi connectivity index (χ1) is 21.1. The predicted molar refractivity (Wildman–Crippen MR) is 165 cm³/mol. The fraction of sp³-hybridized carbons (Fsp3) is 0.206. The summed E-state index contributed by atoms with van der Waals surface area (Å²) in [5.74, 6) is -2.43. The number of carbonyl (C=O) groups excluding carboxylic acids is 3. The number of halogens is 1. The quantitative estimate of drug-likeness (QED) is 0.254. The third-order valence-corrected chi connectivity index (χ3v) is 8.19. The second kappa shape index (κ2) is 12.7. The molecular weight excluding hydrogens is 580 g/mol. The van der Waals surface area contributed by atoms with Gasteiger partial charge in [0.25, 0.3) is 11.8 Å². The molecule has 44 heavy (non-hydrogen) atoms. The number of nitrogens with zero attached hydrogens (tertiary/aromatic N) is 2. The van der Waals surface area contributed by atoms with Gasteiger partial charge < -0.3 is 15.7 Å². The molecule has 1 fully saturated rings. The van der Waals surface area contributed by atoms with Gasteiger partial charge in [-0.15, -0.1) is 0 Å². The number of benzene rings is 3. The van der Waals surface area contributed by atoms with E-state index in [1.165, 1.54) is 6.92 Å². The molecule has 1 saturated heterocycles. The summed E-state index contributed by atoms with van der Waals surface area (Å²) in [6, 6.07) is 23.6. The topological polar surface area (TPSA) is 129 Å². The van der Waals surface area contributed by atoms with Gasteiger partial charge in [-0.2, -0.15) is 0 Å². The summed E-state index contributed by atoms with van der Waals surface area (Å²) in [7, 11) is 0. The molecular formula is C34H31ClN4O5. The zero-order chi connectivity index (χ0) is 31.4. The molecule has 0 bridgehead atoms. The van der Waals surface area contributed by atoms with Gasteiger partial charge in [-0.3, -0.25) is 24.3 Å². The second-order valence-corrected chi connectivity index (χ2v) is 11.2. The van der Waals surface area contributed by atoms with Crippen molar-refractivity contribution in [3.63, 3.8) is 0 Å². The Bertz CT molecular complexity index is 1680. The Labute approximate surface area is 259 Å². The molecule has 0 radical (unpaired) electrons. The van der Waals surface area contributed by atoms with E-state index in [0.29, 0.717) is 16.7 Å². The summed E-state index contributed by atoms with van der Waals surface area (Å²) in [6.07, 6.45) is 2.76. The normalized spacial score (nSPS) is 18.4. The number of rotatable bonds is 9. The van der Waals surface area contributed by atoms with Crippen LogP contribution in [0.3, 0.4) is 0 Å². The highest BCUT2D eigenvalue weighted by atomic mass is 35.5. The highest BCUT2D eigenvalue weighted by Gasteiger charge is 2.56. The van der Waals surface area contributed by atoms with Crippen LogP contribution < -0.4 is 10.6 Å². The van der Waals surface area contributed by atoms with Gasteiger partial charge in [0.1, 0.15) is 12.2 Å². The van der Waals surface area contributed by atoms with Crippen molar-refractivity contribution in [3.8, 4) is 0 Å². The molecule has 4 aromatic rings. The zero-order valence-electron chi connectivity index (χ0n) is 24.2. The molecule has 0 saturated carbocycles. The van der Waals surface area contributed by atoms with Crippen LogP contribution in [0.1, 0.15) is 51.3 Å². The van der Waals surface area contributed by atoms with E-state index in [9.17, 15) is 24.3 Å². The SMILES string of the molecule is CC(=O)N1[C@H](c2ccccc2)NC(=O)[C@@]1(Cc1cccnc1)c1ccc(C[C@H](NC(=O)c2c(C)cccc2Cl)C(=O)O)cc1. The number of aryl methyl sites for hydroxylation is 1. The lowest BCUT2D eigenvalue weighted by Crippen LogP contribution is -2.50. The smallest absolute Gasteiger partial charge is 0.326 e. The minimum atomic E-state index is -1.41. The molecule has 3 atom stereocenters. The predicted octanol–water partition coefficient (Wildman–Crippen LogP) is 4.58. The average molecular weight is 611 g/mol. The maximum absolute atomic E-state index is 14.0. The number of carboxylic acid groups (broad SMARTS) is 1. The van der Waals surface area contributed by atoms with Gasteiger partial charge in [0.2, 0.25) is 5.91 Å². The van der Waals surface area contributed by atoms with Crippen molar-refractivity contribution in [2.45, 2.75) is 44.4 Å². The number of amides is 3. The van der Waals surface area contributed by atoms with E-state index in [1.54, 1.807) is 72.7 Å². The number of hydrogen-bond acceptors (Lipinski definition) is 5. The highest BCUT2D eigenvalue weighted by molar-refractivity contribution is 6.34. The van der Waals surface area contributed by atoms with Crippen LogP contribution in [-0.4, -0.2) is 44.7 Å². The van der Waals surface area contributed by atoms with E-state index in [0.717, 1.165) is 11.1 Å². The van der Waals surface area contributed by atoms with E-state index >= 15 is 0 Å². The molecule has 1 aliphatic rings. The molecule has 3 aromatic carbocycles. The van der Waals surface area contributed by atoms with Crippen LogP contribution in [0.5, 0.6) is 0 Å². The third-order valence-electron chi connectivity index (χ3n) is 7.87. The van der Waals surface area contributed by atoms with Crippen LogP contribution in [0.25, 0.3) is 0 Å². The van der Waals surface area contributed by atoms with Crippen LogP contribution >= 0.6 is 11.6 Å². The van der Waals surface area contributed by atoms with E-state index in [-0.39, 0.29) is 35.2 Å². The first-order valence-electron chi connectivity index (χ1n) is 14.0. The summed E-state index contributed by atoms with van der Waals surface area (Å²) < 4.78 is 0. The van der Waals surface area contributed by atoms with Crippen molar-refractivity contribution in [3.05, 3.63) is 136 Å². The van der Waals surface area contributed by atoms with Crippen molar-refractivity contribution < 1.29 is 24.3 Å². The van der Waals surface area contributed by atoms with Crippen LogP contribution in [0, 0.1) is 6.92 Å². The maximum atomic E-state index is 14.0. The Kier molecular flexibility index (Phi) is 8.78. The first kappa shape index (κ1) is 30.4. The Morgan fingerprint density at radius 1 is 1.00 bits per heavy atom. The Hall–Kier alpha value is -5.02. The third kappa shape index (κ3) is 5.91. The first-order valence-corrected chi connectivity index (χ1v) is 14.4. The fourth-order valence-corrected chi connectivity index (χ4v) is 6.10. The number of hydrogen-bond donors (Lipinski definition) is 3. The maximum Gasteiger partial charge on any atom is 0.326 e. The molecule has 1 aliphatic heterocycles. The van der Waals surface area contributed by atoms with E-state index in [4.69, 9.17) is 11.6 Å². The standard InChI is InChI=1S/C34H31ClN4O5/c1-21-8-6-12-27(35)29(21)31(41)37-28(32(42)43)18-23-13-15-26(16-14-23)34(19-24-9-7-17-36-20-24)33(44)38-30(39(34)22(2)40)25-10-4-3-5-11-25/h3-17,20,28,30H,18-19H2,1-2H3,(H,37,41)(H,38,44)(H,42,43)/t28-,30+,34+/m0/s1. The number of aliphatic carboxylic acids is 1.